The molecule has 0 aliphatic rings. The summed E-state index contributed by atoms with van der Waals surface area (Å²) in [5.41, 5.74) is 2.50. The van der Waals surface area contributed by atoms with Crippen molar-refractivity contribution in [2.24, 2.45) is 0 Å². The molecule has 2 aromatic heterocycles. The third-order valence-corrected chi connectivity index (χ3v) is 2.68. The maximum absolute atomic E-state index is 4.44. The summed E-state index contributed by atoms with van der Waals surface area (Å²) in [6.45, 7) is 3.03. The quantitative estimate of drug-likeness (QED) is 0.853. The average Bonchev–Trinajstić information content (AvgIpc) is 2.75. The Bertz CT molecular complexity index is 462. The number of rotatable bonds is 5. The van der Waals surface area contributed by atoms with Gasteiger partial charge in [0.2, 0.25) is 0 Å². The lowest BCUT2D eigenvalue weighted by atomic mass is 10.1. The highest BCUT2D eigenvalue weighted by Gasteiger charge is 2.11. The van der Waals surface area contributed by atoms with Gasteiger partial charge in [-0.3, -0.25) is 0 Å². The molecule has 4 nitrogen and oxygen atoms in total. The van der Waals surface area contributed by atoms with Gasteiger partial charge in [0.05, 0.1) is 11.9 Å². The van der Waals surface area contributed by atoms with E-state index in [0.717, 1.165) is 25.2 Å². The highest BCUT2D eigenvalue weighted by Crippen LogP contribution is 2.15. The summed E-state index contributed by atoms with van der Waals surface area (Å²) in [6.07, 6.45) is 5.85. The van der Waals surface area contributed by atoms with Crippen molar-refractivity contribution in [3.63, 3.8) is 0 Å². The standard InChI is InChI=1S/C13H18N4/c1-3-6-12-11(9-14-2)10-16-17(12)13-7-4-5-8-15-13/h4-5,7-8,10,14H,3,6,9H2,1-2H3. The maximum Gasteiger partial charge on any atom is 0.153 e. The SMILES string of the molecule is CCCc1c(CNC)cnn1-c1ccccn1. The second-order valence-electron chi connectivity index (χ2n) is 4.00. The van der Waals surface area contributed by atoms with E-state index >= 15 is 0 Å². The molecular weight excluding hydrogens is 212 g/mol. The van der Waals surface area contributed by atoms with Gasteiger partial charge in [-0.05, 0) is 25.6 Å². The van der Waals surface area contributed by atoms with E-state index in [1.54, 1.807) is 6.20 Å². The summed E-state index contributed by atoms with van der Waals surface area (Å²) in [4.78, 5) is 4.35. The molecule has 0 fully saturated rings. The molecule has 0 atom stereocenters. The van der Waals surface area contributed by atoms with E-state index in [1.165, 1.54) is 11.3 Å². The molecule has 0 aliphatic heterocycles. The first-order chi connectivity index (χ1) is 8.36. The summed E-state index contributed by atoms with van der Waals surface area (Å²) in [6, 6.07) is 5.88. The van der Waals surface area contributed by atoms with Crippen molar-refractivity contribution >= 4 is 0 Å². The third-order valence-electron chi connectivity index (χ3n) is 2.68. The maximum atomic E-state index is 4.44. The van der Waals surface area contributed by atoms with Crippen molar-refractivity contribution in [3.8, 4) is 5.82 Å². The Morgan fingerprint density at radius 2 is 2.24 bits per heavy atom. The first-order valence-electron chi connectivity index (χ1n) is 5.98. The number of aromatic nitrogens is 3. The van der Waals surface area contributed by atoms with E-state index < -0.39 is 0 Å². The summed E-state index contributed by atoms with van der Waals surface area (Å²) in [5, 5.41) is 7.61. The summed E-state index contributed by atoms with van der Waals surface area (Å²) < 4.78 is 1.94. The van der Waals surface area contributed by atoms with Crippen molar-refractivity contribution in [3.05, 3.63) is 41.9 Å². The Morgan fingerprint density at radius 1 is 1.35 bits per heavy atom. The largest absolute Gasteiger partial charge is 0.316 e. The lowest BCUT2D eigenvalue weighted by Crippen LogP contribution is -2.09. The van der Waals surface area contributed by atoms with Crippen molar-refractivity contribution in [1.82, 2.24) is 20.1 Å². The number of nitrogens with one attached hydrogen (secondary N) is 1. The van der Waals surface area contributed by atoms with Gasteiger partial charge in [-0.2, -0.15) is 5.10 Å². The van der Waals surface area contributed by atoms with Gasteiger partial charge < -0.3 is 5.32 Å². The molecular formula is C13H18N4. The van der Waals surface area contributed by atoms with Crippen molar-refractivity contribution in [1.29, 1.82) is 0 Å². The smallest absolute Gasteiger partial charge is 0.153 e. The van der Waals surface area contributed by atoms with Crippen LogP contribution in [0.2, 0.25) is 0 Å². The molecule has 0 bridgehead atoms. The summed E-state index contributed by atoms with van der Waals surface area (Å²) in [7, 11) is 1.95. The topological polar surface area (TPSA) is 42.7 Å². The molecule has 2 rings (SSSR count). The molecule has 1 N–H and O–H groups in total. The second kappa shape index (κ2) is 5.59. The van der Waals surface area contributed by atoms with Gasteiger partial charge in [-0.15, -0.1) is 0 Å². The zero-order valence-corrected chi connectivity index (χ0v) is 10.3. The lowest BCUT2D eigenvalue weighted by molar-refractivity contribution is 0.738. The van der Waals surface area contributed by atoms with Gasteiger partial charge in [0, 0.05) is 18.3 Å². The number of nitrogens with zero attached hydrogens (tertiary/aromatic N) is 3. The predicted molar refractivity (Wildman–Crippen MR) is 68.1 cm³/mol. The summed E-state index contributed by atoms with van der Waals surface area (Å²) >= 11 is 0. The van der Waals surface area contributed by atoms with E-state index in [9.17, 15) is 0 Å². The Balaban J connectivity index is 2.40. The van der Waals surface area contributed by atoms with Crippen LogP contribution >= 0.6 is 0 Å². The fraction of sp³-hybridized carbons (Fsp3) is 0.385. The van der Waals surface area contributed by atoms with Crippen LogP contribution in [0.5, 0.6) is 0 Å². The molecule has 0 spiro atoms. The van der Waals surface area contributed by atoms with Crippen LogP contribution in [0.3, 0.4) is 0 Å². The zero-order chi connectivity index (χ0) is 12.1. The van der Waals surface area contributed by atoms with E-state index in [4.69, 9.17) is 0 Å². The van der Waals surface area contributed by atoms with Crippen LogP contribution in [0, 0.1) is 0 Å². The monoisotopic (exact) mass is 230 g/mol. The van der Waals surface area contributed by atoms with Crippen LogP contribution in [-0.4, -0.2) is 21.8 Å². The van der Waals surface area contributed by atoms with Crippen LogP contribution in [-0.2, 0) is 13.0 Å². The first-order valence-corrected chi connectivity index (χ1v) is 5.98. The fourth-order valence-electron chi connectivity index (χ4n) is 1.93. The van der Waals surface area contributed by atoms with Gasteiger partial charge in [0.15, 0.2) is 5.82 Å². The van der Waals surface area contributed by atoms with Crippen LogP contribution in [0.15, 0.2) is 30.6 Å². The molecule has 0 amide bonds. The van der Waals surface area contributed by atoms with Crippen LogP contribution in [0.4, 0.5) is 0 Å². The Labute approximate surface area is 102 Å². The molecule has 2 aromatic rings. The van der Waals surface area contributed by atoms with E-state index in [2.05, 4.69) is 22.3 Å². The van der Waals surface area contributed by atoms with Crippen molar-refractivity contribution < 1.29 is 0 Å². The van der Waals surface area contributed by atoms with Gasteiger partial charge in [-0.1, -0.05) is 19.4 Å². The minimum Gasteiger partial charge on any atom is -0.316 e. The number of pyridine rings is 1. The van der Waals surface area contributed by atoms with E-state index in [0.29, 0.717) is 0 Å². The Morgan fingerprint density at radius 3 is 2.88 bits per heavy atom. The number of hydrogen-bond acceptors (Lipinski definition) is 3. The fourth-order valence-corrected chi connectivity index (χ4v) is 1.93. The molecule has 0 saturated heterocycles. The predicted octanol–water partition coefficient (Wildman–Crippen LogP) is 1.94. The van der Waals surface area contributed by atoms with Crippen LogP contribution in [0.25, 0.3) is 5.82 Å². The average molecular weight is 230 g/mol. The third kappa shape index (κ3) is 2.53. The molecule has 0 aromatic carbocycles. The van der Waals surface area contributed by atoms with Gasteiger partial charge in [0.25, 0.3) is 0 Å². The highest BCUT2D eigenvalue weighted by atomic mass is 15.3. The van der Waals surface area contributed by atoms with Crippen molar-refractivity contribution in [2.75, 3.05) is 7.05 Å². The normalized spacial score (nSPS) is 10.7. The Kier molecular flexibility index (Phi) is 3.88. The van der Waals surface area contributed by atoms with Gasteiger partial charge >= 0.3 is 0 Å². The molecule has 90 valence electrons. The summed E-state index contributed by atoms with van der Waals surface area (Å²) in [5.74, 6) is 0.887. The van der Waals surface area contributed by atoms with E-state index in [-0.39, 0.29) is 0 Å². The minimum absolute atomic E-state index is 0.849. The molecule has 0 radical (unpaired) electrons. The van der Waals surface area contributed by atoms with Gasteiger partial charge in [-0.25, -0.2) is 9.67 Å². The molecule has 4 heteroatoms. The number of hydrogen-bond donors (Lipinski definition) is 1. The van der Waals surface area contributed by atoms with Crippen LogP contribution < -0.4 is 5.32 Å². The van der Waals surface area contributed by atoms with Gasteiger partial charge in [0.1, 0.15) is 0 Å². The van der Waals surface area contributed by atoms with Crippen molar-refractivity contribution in [2.45, 2.75) is 26.3 Å². The first kappa shape index (κ1) is 11.8. The molecule has 0 unspecified atom stereocenters. The molecule has 0 aliphatic carbocycles. The molecule has 0 saturated carbocycles. The second-order valence-corrected chi connectivity index (χ2v) is 4.00. The Hall–Kier alpha value is -1.68. The van der Waals surface area contributed by atoms with Crippen LogP contribution in [0.1, 0.15) is 24.6 Å². The minimum atomic E-state index is 0.849. The lowest BCUT2D eigenvalue weighted by Gasteiger charge is -2.07. The zero-order valence-electron chi connectivity index (χ0n) is 10.3. The molecule has 17 heavy (non-hydrogen) atoms. The van der Waals surface area contributed by atoms with E-state index in [1.807, 2.05) is 36.1 Å². The highest BCUT2D eigenvalue weighted by molar-refractivity contribution is 5.29. The molecule has 2 heterocycles.